The normalized spacial score (nSPS) is 21.9. The highest BCUT2D eigenvalue weighted by molar-refractivity contribution is 5.92. The van der Waals surface area contributed by atoms with Crippen LogP contribution in [0.4, 0.5) is 5.82 Å². The number of piperidine rings is 1. The van der Waals surface area contributed by atoms with E-state index >= 15 is 0 Å². The van der Waals surface area contributed by atoms with Crippen LogP contribution in [0, 0.1) is 0 Å². The maximum atomic E-state index is 13.2. The molecule has 4 heterocycles. The zero-order valence-corrected chi connectivity index (χ0v) is 19.4. The maximum absolute atomic E-state index is 13.2. The molecule has 0 aliphatic carbocycles. The summed E-state index contributed by atoms with van der Waals surface area (Å²) in [6.45, 7) is 3.54. The number of primary amides is 1. The van der Waals surface area contributed by atoms with Gasteiger partial charge in [-0.05, 0) is 63.8 Å². The highest BCUT2D eigenvalue weighted by atomic mass is 16.5. The van der Waals surface area contributed by atoms with Gasteiger partial charge in [0.05, 0.1) is 11.1 Å². The Bertz CT molecular complexity index is 1210. The first-order chi connectivity index (χ1) is 16.3. The minimum atomic E-state index is -1.06. The SMILES string of the molecule is CC(C)(Oc1ccc2ccccc2n1)C(=O)N[C@H]1C[C@H]2CC[C@@H](C1)N2c1ccc(C(N)=O)cn1. The van der Waals surface area contributed by atoms with E-state index in [-0.39, 0.29) is 11.9 Å². The molecule has 2 aliphatic heterocycles. The minimum absolute atomic E-state index is 0.0681. The van der Waals surface area contributed by atoms with Gasteiger partial charge in [-0.2, -0.15) is 0 Å². The predicted octanol–water partition coefficient (Wildman–Crippen LogP) is 3.20. The number of carbonyl (C=O) groups excluding carboxylic acids is 2. The van der Waals surface area contributed by atoms with Gasteiger partial charge in [0.15, 0.2) is 5.60 Å². The number of hydrogen-bond donors (Lipinski definition) is 2. The molecule has 3 aromatic rings. The highest BCUT2D eigenvalue weighted by Crippen LogP contribution is 2.38. The van der Waals surface area contributed by atoms with Crippen LogP contribution in [0.1, 0.15) is 49.9 Å². The van der Waals surface area contributed by atoms with Crippen molar-refractivity contribution in [1.29, 1.82) is 0 Å². The Balaban J connectivity index is 1.23. The van der Waals surface area contributed by atoms with E-state index in [0.717, 1.165) is 42.4 Å². The van der Waals surface area contributed by atoms with Gasteiger partial charge in [-0.15, -0.1) is 0 Å². The monoisotopic (exact) mass is 459 g/mol. The van der Waals surface area contributed by atoms with Crippen LogP contribution in [-0.4, -0.2) is 45.5 Å². The number of benzene rings is 1. The number of rotatable bonds is 6. The van der Waals surface area contributed by atoms with Gasteiger partial charge >= 0.3 is 0 Å². The summed E-state index contributed by atoms with van der Waals surface area (Å²) in [6.07, 6.45) is 5.32. The molecule has 3 atom stereocenters. The molecule has 34 heavy (non-hydrogen) atoms. The van der Waals surface area contributed by atoms with Crippen LogP contribution >= 0.6 is 0 Å². The topological polar surface area (TPSA) is 110 Å². The van der Waals surface area contributed by atoms with Crippen LogP contribution in [0.15, 0.2) is 54.7 Å². The Kier molecular flexibility index (Phi) is 5.59. The smallest absolute Gasteiger partial charge is 0.263 e. The van der Waals surface area contributed by atoms with Gasteiger partial charge in [0.1, 0.15) is 5.82 Å². The second-order valence-corrected chi connectivity index (χ2v) is 9.66. The first-order valence-electron chi connectivity index (χ1n) is 11.7. The standard InChI is InChI=1S/C26H29N5O3/c1-26(2,34-23-12-8-16-5-3-4-6-21(16)30-23)25(33)29-18-13-19-9-10-20(14-18)31(19)22-11-7-17(15-28-22)24(27)32/h3-8,11-12,15,18-20H,9-10,13-14H2,1-2H3,(H2,27,32)(H,29,33)/t18-,19+,20-. The molecular formula is C26H29N5O3. The number of nitrogens with zero attached hydrogens (tertiary/aromatic N) is 3. The number of para-hydroxylation sites is 1. The first-order valence-corrected chi connectivity index (χ1v) is 11.7. The molecule has 1 aromatic carbocycles. The van der Waals surface area contributed by atoms with Crippen molar-refractivity contribution in [3.8, 4) is 5.88 Å². The van der Waals surface area contributed by atoms with Crippen molar-refractivity contribution >= 4 is 28.5 Å². The van der Waals surface area contributed by atoms with Gasteiger partial charge < -0.3 is 20.7 Å². The lowest BCUT2D eigenvalue weighted by atomic mass is 9.96. The Morgan fingerprint density at radius 2 is 1.79 bits per heavy atom. The molecule has 0 saturated carbocycles. The van der Waals surface area contributed by atoms with Crippen LogP contribution in [0.5, 0.6) is 5.88 Å². The Hall–Kier alpha value is -3.68. The molecule has 2 bridgehead atoms. The van der Waals surface area contributed by atoms with Gasteiger partial charge in [-0.3, -0.25) is 9.59 Å². The fourth-order valence-corrected chi connectivity index (χ4v) is 5.12. The van der Waals surface area contributed by atoms with Crippen LogP contribution in [-0.2, 0) is 4.79 Å². The lowest BCUT2D eigenvalue weighted by Gasteiger charge is -2.40. The summed E-state index contributed by atoms with van der Waals surface area (Å²) >= 11 is 0. The van der Waals surface area contributed by atoms with Gasteiger partial charge in [-0.1, -0.05) is 18.2 Å². The van der Waals surface area contributed by atoms with Gasteiger partial charge in [0.25, 0.3) is 5.91 Å². The predicted molar refractivity (Wildman–Crippen MR) is 130 cm³/mol. The lowest BCUT2D eigenvalue weighted by Crippen LogP contribution is -2.55. The van der Waals surface area contributed by atoms with E-state index in [1.165, 1.54) is 6.20 Å². The molecule has 2 saturated heterocycles. The van der Waals surface area contributed by atoms with Crippen molar-refractivity contribution in [2.75, 3.05) is 4.90 Å². The average Bonchev–Trinajstić information content (AvgIpc) is 3.08. The second-order valence-electron chi connectivity index (χ2n) is 9.66. The summed E-state index contributed by atoms with van der Waals surface area (Å²) in [5.74, 6) is 0.656. The number of amides is 2. The second kappa shape index (κ2) is 8.59. The number of pyridine rings is 2. The molecular weight excluding hydrogens is 430 g/mol. The quantitative estimate of drug-likeness (QED) is 0.586. The van der Waals surface area contributed by atoms with Gasteiger partial charge in [-0.25, -0.2) is 9.97 Å². The van der Waals surface area contributed by atoms with Crippen molar-refractivity contribution in [3.05, 3.63) is 60.3 Å². The van der Waals surface area contributed by atoms with Crippen molar-refractivity contribution in [2.45, 2.75) is 63.3 Å². The van der Waals surface area contributed by atoms with Crippen LogP contribution in [0.25, 0.3) is 10.9 Å². The Morgan fingerprint density at radius 3 is 2.47 bits per heavy atom. The number of hydrogen-bond acceptors (Lipinski definition) is 6. The van der Waals surface area contributed by atoms with E-state index < -0.39 is 11.5 Å². The summed E-state index contributed by atoms with van der Waals surface area (Å²) in [5, 5.41) is 4.24. The summed E-state index contributed by atoms with van der Waals surface area (Å²) in [4.78, 5) is 35.8. The number of nitrogens with one attached hydrogen (secondary N) is 1. The molecule has 5 rings (SSSR count). The number of nitrogens with two attached hydrogens (primary N) is 1. The van der Waals surface area contributed by atoms with E-state index in [9.17, 15) is 9.59 Å². The van der Waals surface area contributed by atoms with E-state index in [0.29, 0.717) is 23.5 Å². The van der Waals surface area contributed by atoms with Crippen LogP contribution < -0.4 is 20.7 Å². The maximum Gasteiger partial charge on any atom is 0.263 e. The molecule has 2 aromatic heterocycles. The van der Waals surface area contributed by atoms with E-state index in [4.69, 9.17) is 10.5 Å². The third-order valence-electron chi connectivity index (χ3n) is 6.84. The molecule has 8 heteroatoms. The van der Waals surface area contributed by atoms with Gasteiger partial charge in [0.2, 0.25) is 11.8 Å². The van der Waals surface area contributed by atoms with E-state index in [2.05, 4.69) is 20.2 Å². The van der Waals surface area contributed by atoms with Crippen molar-refractivity contribution < 1.29 is 14.3 Å². The fourth-order valence-electron chi connectivity index (χ4n) is 5.12. The van der Waals surface area contributed by atoms with Crippen LogP contribution in [0.2, 0.25) is 0 Å². The zero-order chi connectivity index (χ0) is 23.9. The molecule has 2 fully saturated rings. The Labute approximate surface area is 198 Å². The lowest BCUT2D eigenvalue weighted by molar-refractivity contribution is -0.135. The van der Waals surface area contributed by atoms with E-state index in [1.807, 2.05) is 36.4 Å². The summed E-state index contributed by atoms with van der Waals surface area (Å²) in [5.41, 5.74) is 5.51. The summed E-state index contributed by atoms with van der Waals surface area (Å²) in [6, 6.07) is 15.8. The third kappa shape index (κ3) is 4.27. The minimum Gasteiger partial charge on any atom is -0.462 e. The number of anilines is 1. The molecule has 0 unspecified atom stereocenters. The number of ether oxygens (including phenoxy) is 1. The number of aromatic nitrogens is 2. The summed E-state index contributed by atoms with van der Waals surface area (Å²) in [7, 11) is 0. The molecule has 2 aliphatic rings. The summed E-state index contributed by atoms with van der Waals surface area (Å²) < 4.78 is 6.02. The van der Waals surface area contributed by atoms with Crippen molar-refractivity contribution in [2.24, 2.45) is 5.73 Å². The molecule has 2 amide bonds. The first kappa shape index (κ1) is 22.1. The Morgan fingerprint density at radius 1 is 1.06 bits per heavy atom. The molecule has 3 N–H and O–H groups in total. The van der Waals surface area contributed by atoms with Crippen LogP contribution in [0.3, 0.4) is 0 Å². The molecule has 8 nitrogen and oxygen atoms in total. The third-order valence-corrected chi connectivity index (χ3v) is 6.84. The van der Waals surface area contributed by atoms with E-state index in [1.54, 1.807) is 26.0 Å². The number of fused-ring (bicyclic) bond motifs is 3. The highest BCUT2D eigenvalue weighted by Gasteiger charge is 2.43. The van der Waals surface area contributed by atoms with Crippen molar-refractivity contribution in [1.82, 2.24) is 15.3 Å². The molecule has 0 spiro atoms. The largest absolute Gasteiger partial charge is 0.462 e. The van der Waals surface area contributed by atoms with Gasteiger partial charge in [0, 0.05) is 35.8 Å². The fraction of sp³-hybridized carbons (Fsp3) is 0.385. The molecule has 0 radical (unpaired) electrons. The average molecular weight is 460 g/mol. The zero-order valence-electron chi connectivity index (χ0n) is 19.4. The molecule has 176 valence electrons. The number of carbonyl (C=O) groups is 2. The van der Waals surface area contributed by atoms with Crippen molar-refractivity contribution in [3.63, 3.8) is 0 Å².